The number of nitrogens with one attached hydrogen (secondary N) is 1. The van der Waals surface area contributed by atoms with Crippen molar-refractivity contribution in [3.05, 3.63) is 57.6 Å². The number of nitro groups is 1. The summed E-state index contributed by atoms with van der Waals surface area (Å²) in [4.78, 5) is 25.2. The van der Waals surface area contributed by atoms with E-state index in [4.69, 9.17) is 14.2 Å². The third-order valence-electron chi connectivity index (χ3n) is 4.56. The van der Waals surface area contributed by atoms with Gasteiger partial charge >= 0.3 is 0 Å². The van der Waals surface area contributed by atoms with Crippen LogP contribution in [0.1, 0.15) is 15.9 Å². The Labute approximate surface area is 173 Å². The second-order valence-corrected chi connectivity index (χ2v) is 6.40. The molecule has 3 rings (SSSR count). The summed E-state index contributed by atoms with van der Waals surface area (Å²) in [5.41, 5.74) is 3.98. The molecule has 1 saturated heterocycles. The van der Waals surface area contributed by atoms with Gasteiger partial charge in [-0.25, -0.2) is 5.43 Å². The van der Waals surface area contributed by atoms with Crippen LogP contribution in [0.3, 0.4) is 0 Å². The van der Waals surface area contributed by atoms with Crippen molar-refractivity contribution in [3.8, 4) is 11.5 Å². The second-order valence-electron chi connectivity index (χ2n) is 6.40. The highest BCUT2D eigenvalue weighted by Gasteiger charge is 2.17. The van der Waals surface area contributed by atoms with E-state index in [1.165, 1.54) is 32.6 Å². The molecule has 1 aliphatic rings. The van der Waals surface area contributed by atoms with Gasteiger partial charge in [-0.2, -0.15) is 5.10 Å². The van der Waals surface area contributed by atoms with E-state index >= 15 is 0 Å². The quantitative estimate of drug-likeness (QED) is 0.419. The van der Waals surface area contributed by atoms with E-state index in [2.05, 4.69) is 15.4 Å². The zero-order chi connectivity index (χ0) is 21.5. The molecule has 0 aromatic heterocycles. The van der Waals surface area contributed by atoms with Gasteiger partial charge in [-0.1, -0.05) is 0 Å². The Bertz CT molecular complexity index is 934. The lowest BCUT2D eigenvalue weighted by atomic mass is 10.1. The summed E-state index contributed by atoms with van der Waals surface area (Å²) in [6.45, 7) is 2.47. The van der Waals surface area contributed by atoms with E-state index in [1.807, 2.05) is 0 Å². The molecule has 1 N–H and O–H groups in total. The first-order chi connectivity index (χ1) is 14.5. The third kappa shape index (κ3) is 5.03. The van der Waals surface area contributed by atoms with E-state index < -0.39 is 10.8 Å². The monoisotopic (exact) mass is 414 g/mol. The maximum Gasteiger partial charge on any atom is 0.271 e. The van der Waals surface area contributed by atoms with Crippen LogP contribution in [0, 0.1) is 10.1 Å². The number of methoxy groups -OCH3 is 2. The number of rotatable bonds is 7. The first-order valence-corrected chi connectivity index (χ1v) is 9.19. The number of amides is 1. The van der Waals surface area contributed by atoms with Gasteiger partial charge in [0.05, 0.1) is 38.6 Å². The van der Waals surface area contributed by atoms with E-state index in [0.29, 0.717) is 48.9 Å². The lowest BCUT2D eigenvalue weighted by Crippen LogP contribution is -2.36. The highest BCUT2D eigenvalue weighted by molar-refractivity contribution is 5.96. The van der Waals surface area contributed by atoms with Gasteiger partial charge in [0, 0.05) is 48.1 Å². The van der Waals surface area contributed by atoms with E-state index in [0.717, 1.165) is 5.69 Å². The molecule has 0 atom stereocenters. The van der Waals surface area contributed by atoms with Crippen molar-refractivity contribution in [1.29, 1.82) is 0 Å². The Morgan fingerprint density at radius 1 is 1.17 bits per heavy atom. The summed E-state index contributed by atoms with van der Waals surface area (Å²) in [7, 11) is 2.98. The zero-order valence-corrected chi connectivity index (χ0v) is 16.7. The van der Waals surface area contributed by atoms with Crippen molar-refractivity contribution in [2.75, 3.05) is 45.4 Å². The van der Waals surface area contributed by atoms with Crippen molar-refractivity contribution in [2.24, 2.45) is 5.10 Å². The highest BCUT2D eigenvalue weighted by Crippen LogP contribution is 2.25. The number of anilines is 1. The summed E-state index contributed by atoms with van der Waals surface area (Å²) >= 11 is 0. The fourth-order valence-corrected chi connectivity index (χ4v) is 3.01. The Morgan fingerprint density at radius 3 is 2.43 bits per heavy atom. The molecule has 158 valence electrons. The molecule has 10 heteroatoms. The normalized spacial score (nSPS) is 13.9. The maximum atomic E-state index is 12.5. The lowest BCUT2D eigenvalue weighted by Gasteiger charge is -2.29. The number of benzene rings is 2. The molecule has 1 amide bonds. The average Bonchev–Trinajstić information content (AvgIpc) is 2.79. The number of hydrogen-bond acceptors (Lipinski definition) is 8. The van der Waals surface area contributed by atoms with Crippen LogP contribution >= 0.6 is 0 Å². The first-order valence-electron chi connectivity index (χ1n) is 9.19. The molecular formula is C20H22N4O6. The largest absolute Gasteiger partial charge is 0.497 e. The van der Waals surface area contributed by atoms with Gasteiger partial charge in [-0.15, -0.1) is 0 Å². The van der Waals surface area contributed by atoms with Gasteiger partial charge in [0.2, 0.25) is 0 Å². The SMILES string of the molecule is COc1cc(OC)cc(C(=O)N/N=C\c2cc([N+](=O)[O-])ccc2N2CCOCC2)c1. The number of nitrogens with zero attached hydrogens (tertiary/aromatic N) is 3. The third-order valence-corrected chi connectivity index (χ3v) is 4.56. The Kier molecular flexibility index (Phi) is 6.81. The van der Waals surface area contributed by atoms with Crippen molar-refractivity contribution in [3.63, 3.8) is 0 Å². The summed E-state index contributed by atoms with van der Waals surface area (Å²) in [6.07, 6.45) is 1.40. The van der Waals surface area contributed by atoms with Gasteiger partial charge < -0.3 is 19.1 Å². The number of hydrazone groups is 1. The minimum absolute atomic E-state index is 0.0580. The molecule has 2 aromatic rings. The number of carbonyl (C=O) groups is 1. The van der Waals surface area contributed by atoms with Gasteiger partial charge in [-0.05, 0) is 18.2 Å². The molecule has 10 nitrogen and oxygen atoms in total. The predicted molar refractivity (Wildman–Crippen MR) is 111 cm³/mol. The Balaban J connectivity index is 1.81. The maximum absolute atomic E-state index is 12.5. The fourth-order valence-electron chi connectivity index (χ4n) is 3.01. The van der Waals surface area contributed by atoms with Gasteiger partial charge in [0.15, 0.2) is 0 Å². The summed E-state index contributed by atoms with van der Waals surface area (Å²) in [5.74, 6) is 0.468. The molecule has 0 spiro atoms. The molecule has 0 radical (unpaired) electrons. The van der Waals surface area contributed by atoms with Crippen molar-refractivity contribution in [2.45, 2.75) is 0 Å². The molecule has 2 aromatic carbocycles. The Morgan fingerprint density at radius 2 is 1.83 bits per heavy atom. The molecule has 1 aliphatic heterocycles. The van der Waals surface area contributed by atoms with Crippen LogP contribution in [0.5, 0.6) is 11.5 Å². The molecule has 0 aliphatic carbocycles. The number of non-ortho nitro benzene ring substituents is 1. The highest BCUT2D eigenvalue weighted by atomic mass is 16.6. The minimum Gasteiger partial charge on any atom is -0.497 e. The second kappa shape index (κ2) is 9.70. The van der Waals surface area contributed by atoms with Crippen LogP contribution in [0.4, 0.5) is 11.4 Å². The lowest BCUT2D eigenvalue weighted by molar-refractivity contribution is -0.384. The van der Waals surface area contributed by atoms with Crippen LogP contribution in [-0.2, 0) is 4.74 Å². The van der Waals surface area contributed by atoms with Crippen molar-refractivity contribution < 1.29 is 23.9 Å². The smallest absolute Gasteiger partial charge is 0.271 e. The summed E-state index contributed by atoms with van der Waals surface area (Å²) in [6, 6.07) is 9.31. The van der Waals surface area contributed by atoms with Crippen LogP contribution in [0.25, 0.3) is 0 Å². The summed E-state index contributed by atoms with van der Waals surface area (Å²) in [5, 5.41) is 15.2. The number of morpholine rings is 1. The first kappa shape index (κ1) is 21.1. The van der Waals surface area contributed by atoms with Gasteiger partial charge in [0.1, 0.15) is 11.5 Å². The average molecular weight is 414 g/mol. The van der Waals surface area contributed by atoms with Crippen molar-refractivity contribution in [1.82, 2.24) is 5.43 Å². The predicted octanol–water partition coefficient (Wildman–Crippen LogP) is 2.21. The van der Waals surface area contributed by atoms with Crippen LogP contribution in [0.15, 0.2) is 41.5 Å². The van der Waals surface area contributed by atoms with E-state index in [9.17, 15) is 14.9 Å². The van der Waals surface area contributed by atoms with Crippen LogP contribution in [0.2, 0.25) is 0 Å². The van der Waals surface area contributed by atoms with Gasteiger partial charge in [0.25, 0.3) is 11.6 Å². The molecular weight excluding hydrogens is 392 g/mol. The van der Waals surface area contributed by atoms with Gasteiger partial charge in [-0.3, -0.25) is 14.9 Å². The molecule has 1 fully saturated rings. The summed E-state index contributed by atoms with van der Waals surface area (Å²) < 4.78 is 15.7. The molecule has 0 unspecified atom stereocenters. The topological polar surface area (TPSA) is 116 Å². The molecule has 30 heavy (non-hydrogen) atoms. The zero-order valence-electron chi connectivity index (χ0n) is 16.7. The molecule has 0 saturated carbocycles. The molecule has 0 bridgehead atoms. The minimum atomic E-state index is -0.471. The van der Waals surface area contributed by atoms with E-state index in [-0.39, 0.29) is 5.69 Å². The number of hydrogen-bond donors (Lipinski definition) is 1. The van der Waals surface area contributed by atoms with Crippen LogP contribution in [-0.4, -0.2) is 57.6 Å². The van der Waals surface area contributed by atoms with Crippen molar-refractivity contribution >= 4 is 23.5 Å². The fraction of sp³-hybridized carbons (Fsp3) is 0.300. The van der Waals surface area contributed by atoms with Crippen LogP contribution < -0.4 is 19.8 Å². The molecule has 1 heterocycles. The number of nitro benzene ring substituents is 1. The standard InChI is InChI=1S/C20H22N4O6/c1-28-17-10-14(11-18(12-17)29-2)20(25)22-21-13-15-9-16(24(26)27)3-4-19(15)23-5-7-30-8-6-23/h3-4,9-13H,5-8H2,1-2H3,(H,22,25)/b21-13-. The van der Waals surface area contributed by atoms with E-state index in [1.54, 1.807) is 24.3 Å². The number of carbonyl (C=O) groups excluding carboxylic acids is 1. The number of ether oxygens (including phenoxy) is 3. The Hall–Kier alpha value is -3.66.